The van der Waals surface area contributed by atoms with Gasteiger partial charge in [-0.15, -0.1) is 0 Å². The number of furan rings is 1. The molecule has 1 aliphatic carbocycles. The zero-order valence-electron chi connectivity index (χ0n) is 15.0. The third-order valence-electron chi connectivity index (χ3n) is 5.61. The largest absolute Gasteiger partial charge is 0.461 e. The standard InChI is InChI=1S/C21H21N3O3/c25-20(24-12-10-23(11-13-24)16-5-2-1-3-6-16)21(8-9-21)19-15-18(27-22-19)17-7-4-14-26-17/h1-7,14-15H,8-13H2. The van der Waals surface area contributed by atoms with Crippen LogP contribution in [0.1, 0.15) is 18.5 Å². The highest BCUT2D eigenvalue weighted by Crippen LogP contribution is 2.50. The summed E-state index contributed by atoms with van der Waals surface area (Å²) < 4.78 is 10.8. The van der Waals surface area contributed by atoms with E-state index in [9.17, 15) is 4.79 Å². The molecule has 6 nitrogen and oxygen atoms in total. The topological polar surface area (TPSA) is 62.7 Å². The molecule has 6 heteroatoms. The number of hydrogen-bond donors (Lipinski definition) is 0. The van der Waals surface area contributed by atoms with Gasteiger partial charge in [-0.05, 0) is 37.1 Å². The van der Waals surface area contributed by atoms with E-state index in [0.717, 1.165) is 44.7 Å². The maximum Gasteiger partial charge on any atom is 0.235 e. The number of benzene rings is 1. The Kier molecular flexibility index (Phi) is 3.77. The van der Waals surface area contributed by atoms with Crippen molar-refractivity contribution in [2.45, 2.75) is 18.3 Å². The number of rotatable bonds is 4. The summed E-state index contributed by atoms with van der Waals surface area (Å²) in [6.07, 6.45) is 3.26. The molecule has 5 rings (SSSR count). The molecule has 2 fully saturated rings. The van der Waals surface area contributed by atoms with Crippen LogP contribution in [0.15, 0.2) is 63.7 Å². The maximum absolute atomic E-state index is 13.2. The number of carbonyl (C=O) groups is 1. The molecular formula is C21H21N3O3. The maximum atomic E-state index is 13.2. The molecule has 1 saturated carbocycles. The number of hydrogen-bond acceptors (Lipinski definition) is 5. The minimum absolute atomic E-state index is 0.175. The molecule has 2 aromatic heterocycles. The molecule has 1 aliphatic heterocycles. The van der Waals surface area contributed by atoms with Crippen LogP contribution < -0.4 is 4.90 Å². The first kappa shape index (κ1) is 16.2. The Morgan fingerprint density at radius 2 is 1.74 bits per heavy atom. The summed E-state index contributed by atoms with van der Waals surface area (Å²) in [5.41, 5.74) is 1.43. The summed E-state index contributed by atoms with van der Waals surface area (Å²) in [5, 5.41) is 4.19. The van der Waals surface area contributed by atoms with Gasteiger partial charge >= 0.3 is 0 Å². The molecule has 3 heterocycles. The summed E-state index contributed by atoms with van der Waals surface area (Å²) in [4.78, 5) is 17.5. The molecule has 0 radical (unpaired) electrons. The molecular weight excluding hydrogens is 342 g/mol. The van der Waals surface area contributed by atoms with E-state index in [2.05, 4.69) is 22.2 Å². The molecule has 3 aromatic rings. The molecule has 0 bridgehead atoms. The first-order valence-corrected chi connectivity index (χ1v) is 9.37. The van der Waals surface area contributed by atoms with Crippen molar-refractivity contribution < 1.29 is 13.7 Å². The van der Waals surface area contributed by atoms with E-state index >= 15 is 0 Å². The van der Waals surface area contributed by atoms with Gasteiger partial charge in [-0.25, -0.2) is 0 Å². The normalized spacial score (nSPS) is 18.5. The van der Waals surface area contributed by atoms with E-state index in [0.29, 0.717) is 11.5 Å². The molecule has 138 valence electrons. The average molecular weight is 363 g/mol. The van der Waals surface area contributed by atoms with E-state index in [1.165, 1.54) is 5.69 Å². The first-order valence-electron chi connectivity index (χ1n) is 9.37. The number of carbonyl (C=O) groups excluding carboxylic acids is 1. The predicted molar refractivity (Wildman–Crippen MR) is 100 cm³/mol. The van der Waals surface area contributed by atoms with Gasteiger partial charge in [0, 0.05) is 37.9 Å². The van der Waals surface area contributed by atoms with Gasteiger partial charge in [-0.1, -0.05) is 23.4 Å². The Balaban J connectivity index is 1.29. The van der Waals surface area contributed by atoms with Crippen molar-refractivity contribution in [1.29, 1.82) is 0 Å². The number of anilines is 1. The van der Waals surface area contributed by atoms with Gasteiger partial charge in [-0.3, -0.25) is 4.79 Å². The highest BCUT2D eigenvalue weighted by atomic mass is 16.5. The van der Waals surface area contributed by atoms with Gasteiger partial charge < -0.3 is 18.7 Å². The lowest BCUT2D eigenvalue weighted by Crippen LogP contribution is -2.51. The molecule has 27 heavy (non-hydrogen) atoms. The molecule has 0 unspecified atom stereocenters. The molecule has 0 spiro atoms. The Bertz CT molecular complexity index is 921. The van der Waals surface area contributed by atoms with Gasteiger partial charge in [0.25, 0.3) is 0 Å². The smallest absolute Gasteiger partial charge is 0.235 e. The van der Waals surface area contributed by atoms with E-state index in [1.807, 2.05) is 41.3 Å². The number of nitrogens with zero attached hydrogens (tertiary/aromatic N) is 3. The van der Waals surface area contributed by atoms with Crippen LogP contribution in [0.3, 0.4) is 0 Å². The average Bonchev–Trinajstić information content (AvgIpc) is 3.12. The Morgan fingerprint density at radius 1 is 0.963 bits per heavy atom. The van der Waals surface area contributed by atoms with Crippen LogP contribution in [0.25, 0.3) is 11.5 Å². The van der Waals surface area contributed by atoms with E-state index in [4.69, 9.17) is 8.94 Å². The molecule has 1 saturated heterocycles. The fourth-order valence-electron chi connectivity index (χ4n) is 3.85. The summed E-state index contributed by atoms with van der Waals surface area (Å²) in [6.45, 7) is 3.17. The van der Waals surface area contributed by atoms with Gasteiger partial charge in [0.2, 0.25) is 11.7 Å². The minimum Gasteiger partial charge on any atom is -0.461 e. The molecule has 2 aliphatic rings. The van der Waals surface area contributed by atoms with Crippen molar-refractivity contribution in [2.75, 3.05) is 31.1 Å². The van der Waals surface area contributed by atoms with Crippen LogP contribution in [0.2, 0.25) is 0 Å². The van der Waals surface area contributed by atoms with Gasteiger partial charge in [-0.2, -0.15) is 0 Å². The summed E-state index contributed by atoms with van der Waals surface area (Å²) in [6, 6.07) is 15.8. The lowest BCUT2D eigenvalue weighted by Gasteiger charge is -2.37. The predicted octanol–water partition coefficient (Wildman–Crippen LogP) is 3.32. The number of aromatic nitrogens is 1. The second-order valence-electron chi connectivity index (χ2n) is 7.25. The van der Waals surface area contributed by atoms with Crippen LogP contribution in [0.5, 0.6) is 0 Å². The zero-order valence-corrected chi connectivity index (χ0v) is 15.0. The molecule has 1 amide bonds. The molecule has 0 N–H and O–H groups in total. The monoisotopic (exact) mass is 363 g/mol. The Morgan fingerprint density at radius 3 is 2.41 bits per heavy atom. The molecule has 1 aromatic carbocycles. The van der Waals surface area contributed by atoms with Crippen molar-refractivity contribution in [1.82, 2.24) is 10.1 Å². The van der Waals surface area contributed by atoms with E-state index in [1.54, 1.807) is 6.26 Å². The van der Waals surface area contributed by atoms with Gasteiger partial charge in [0.15, 0.2) is 5.76 Å². The third kappa shape index (κ3) is 2.81. The lowest BCUT2D eigenvalue weighted by molar-refractivity contribution is -0.134. The second-order valence-corrected chi connectivity index (χ2v) is 7.25. The van der Waals surface area contributed by atoms with Crippen LogP contribution >= 0.6 is 0 Å². The van der Waals surface area contributed by atoms with E-state index < -0.39 is 5.41 Å². The minimum atomic E-state index is -0.511. The van der Waals surface area contributed by atoms with Crippen molar-refractivity contribution >= 4 is 11.6 Å². The van der Waals surface area contributed by atoms with Crippen LogP contribution in [-0.4, -0.2) is 42.1 Å². The fraction of sp³-hybridized carbons (Fsp3) is 0.333. The lowest BCUT2D eigenvalue weighted by atomic mass is 9.99. The van der Waals surface area contributed by atoms with Crippen LogP contribution in [0, 0.1) is 0 Å². The quantitative estimate of drug-likeness (QED) is 0.712. The molecule has 0 atom stereocenters. The second kappa shape index (κ2) is 6.30. The summed E-state index contributed by atoms with van der Waals surface area (Å²) >= 11 is 0. The summed E-state index contributed by atoms with van der Waals surface area (Å²) in [5.74, 6) is 1.38. The van der Waals surface area contributed by atoms with Crippen molar-refractivity contribution in [2.24, 2.45) is 0 Å². The summed E-state index contributed by atoms with van der Waals surface area (Å²) in [7, 11) is 0. The van der Waals surface area contributed by atoms with Gasteiger partial charge in [0.1, 0.15) is 0 Å². The Hall–Kier alpha value is -3.02. The SMILES string of the molecule is O=C(N1CCN(c2ccccc2)CC1)C1(c2cc(-c3ccco3)on2)CC1. The fourth-order valence-corrected chi connectivity index (χ4v) is 3.85. The van der Waals surface area contributed by atoms with Crippen LogP contribution in [0.4, 0.5) is 5.69 Å². The van der Waals surface area contributed by atoms with Gasteiger partial charge in [0.05, 0.1) is 17.4 Å². The third-order valence-corrected chi connectivity index (χ3v) is 5.61. The number of piperazine rings is 1. The highest BCUT2D eigenvalue weighted by Gasteiger charge is 2.55. The van der Waals surface area contributed by atoms with Crippen LogP contribution in [-0.2, 0) is 10.2 Å². The number of para-hydroxylation sites is 1. The van der Waals surface area contributed by atoms with E-state index in [-0.39, 0.29) is 5.91 Å². The first-order chi connectivity index (χ1) is 13.3. The van der Waals surface area contributed by atoms with Crippen molar-refractivity contribution in [3.63, 3.8) is 0 Å². The highest BCUT2D eigenvalue weighted by molar-refractivity contribution is 5.91. The number of amides is 1. The van der Waals surface area contributed by atoms with Crippen molar-refractivity contribution in [3.8, 4) is 11.5 Å². The zero-order chi connectivity index (χ0) is 18.3. The Labute approximate surface area is 157 Å². The van der Waals surface area contributed by atoms with Crippen molar-refractivity contribution in [3.05, 3.63) is 60.5 Å².